The van der Waals surface area contributed by atoms with Crippen LogP contribution in [0.15, 0.2) is 40.6 Å². The van der Waals surface area contributed by atoms with Gasteiger partial charge in [-0.2, -0.15) is 0 Å². The Bertz CT molecular complexity index is 1050. The highest BCUT2D eigenvalue weighted by atomic mass is 32.2. The first-order valence-electron chi connectivity index (χ1n) is 11.0. The highest BCUT2D eigenvalue weighted by Crippen LogP contribution is 2.24. The fourth-order valence-corrected chi connectivity index (χ4v) is 5.86. The van der Waals surface area contributed by atoms with E-state index in [0.717, 1.165) is 12.8 Å². The maximum absolute atomic E-state index is 13.1. The van der Waals surface area contributed by atoms with Gasteiger partial charge in [0.1, 0.15) is 6.04 Å². The lowest BCUT2D eigenvalue weighted by Crippen LogP contribution is -2.49. The number of amides is 2. The average Bonchev–Trinajstić information content (AvgIpc) is 3.26. The minimum Gasteiger partial charge on any atom is -0.340 e. The summed E-state index contributed by atoms with van der Waals surface area (Å²) in [5.74, 6) is -0.460. The van der Waals surface area contributed by atoms with E-state index in [1.807, 2.05) is 24.1 Å². The molecule has 1 aliphatic heterocycles. The molecule has 2 amide bonds. The molecular formula is C23H31N3O4S2. The van der Waals surface area contributed by atoms with Crippen molar-refractivity contribution in [3.63, 3.8) is 0 Å². The van der Waals surface area contributed by atoms with Crippen molar-refractivity contribution in [2.45, 2.75) is 70.0 Å². The van der Waals surface area contributed by atoms with Crippen LogP contribution in [0.2, 0.25) is 0 Å². The van der Waals surface area contributed by atoms with E-state index in [4.69, 9.17) is 0 Å². The van der Waals surface area contributed by atoms with Crippen LogP contribution in [-0.2, 0) is 27.8 Å². The number of sulfonamides is 1. The van der Waals surface area contributed by atoms with E-state index in [1.54, 1.807) is 18.3 Å². The summed E-state index contributed by atoms with van der Waals surface area (Å²) in [6, 6.07) is 7.06. The quantitative estimate of drug-likeness (QED) is 0.579. The first-order valence-corrected chi connectivity index (χ1v) is 13.4. The number of carbonyl (C=O) groups excluding carboxylic acids is 2. The van der Waals surface area contributed by atoms with Gasteiger partial charge in [-0.15, -0.1) is 11.3 Å². The number of hydrogen-bond donors (Lipinski definition) is 2. The third-order valence-corrected chi connectivity index (χ3v) is 8.32. The molecule has 0 saturated carbocycles. The zero-order chi connectivity index (χ0) is 23.3. The molecule has 0 saturated heterocycles. The van der Waals surface area contributed by atoms with E-state index >= 15 is 0 Å². The molecule has 0 radical (unpaired) electrons. The Balaban J connectivity index is 1.67. The molecule has 2 N–H and O–H groups in total. The lowest BCUT2D eigenvalue weighted by Gasteiger charge is -2.31. The second-order valence-electron chi connectivity index (χ2n) is 8.15. The van der Waals surface area contributed by atoms with E-state index in [9.17, 15) is 18.0 Å². The zero-order valence-electron chi connectivity index (χ0n) is 18.8. The van der Waals surface area contributed by atoms with Crippen molar-refractivity contribution in [1.82, 2.24) is 14.9 Å². The average molecular weight is 478 g/mol. The van der Waals surface area contributed by atoms with Gasteiger partial charge in [0.05, 0.1) is 4.90 Å². The number of benzene rings is 1. The topological polar surface area (TPSA) is 95.6 Å². The molecule has 0 aliphatic carbocycles. The van der Waals surface area contributed by atoms with E-state index in [1.165, 1.54) is 34.7 Å². The first kappa shape index (κ1) is 24.4. The van der Waals surface area contributed by atoms with Gasteiger partial charge in [-0.3, -0.25) is 9.59 Å². The van der Waals surface area contributed by atoms with Crippen molar-refractivity contribution >= 4 is 33.2 Å². The molecule has 32 heavy (non-hydrogen) atoms. The molecular weight excluding hydrogens is 446 g/mol. The Labute approximate surface area is 194 Å². The van der Waals surface area contributed by atoms with Crippen molar-refractivity contribution in [3.05, 3.63) is 51.7 Å². The molecule has 1 aromatic carbocycles. The smallest absolute Gasteiger partial charge is 0.251 e. The molecule has 7 nitrogen and oxygen atoms in total. The van der Waals surface area contributed by atoms with Gasteiger partial charge < -0.3 is 10.2 Å². The Morgan fingerprint density at radius 3 is 2.53 bits per heavy atom. The Hall–Kier alpha value is -2.23. The summed E-state index contributed by atoms with van der Waals surface area (Å²) in [5.41, 5.74) is 1.50. The second-order valence-corrected chi connectivity index (χ2v) is 10.9. The Kier molecular flexibility index (Phi) is 8.08. The molecule has 2 atom stereocenters. The lowest BCUT2D eigenvalue weighted by molar-refractivity contribution is -0.134. The van der Waals surface area contributed by atoms with Crippen LogP contribution in [0.4, 0.5) is 0 Å². The van der Waals surface area contributed by atoms with Crippen molar-refractivity contribution < 1.29 is 18.0 Å². The number of rotatable bonds is 9. The van der Waals surface area contributed by atoms with Crippen molar-refractivity contribution in [1.29, 1.82) is 0 Å². The molecule has 2 heterocycles. The molecule has 0 fully saturated rings. The number of thiophene rings is 1. The van der Waals surface area contributed by atoms with E-state index < -0.39 is 16.1 Å². The van der Waals surface area contributed by atoms with E-state index in [2.05, 4.69) is 16.1 Å². The van der Waals surface area contributed by atoms with E-state index in [-0.39, 0.29) is 22.8 Å². The summed E-state index contributed by atoms with van der Waals surface area (Å²) in [6.45, 7) is 6.90. The summed E-state index contributed by atoms with van der Waals surface area (Å²) in [4.78, 5) is 29.2. The van der Waals surface area contributed by atoms with Crippen molar-refractivity contribution in [3.8, 4) is 0 Å². The van der Waals surface area contributed by atoms with Crippen molar-refractivity contribution in [2.24, 2.45) is 0 Å². The maximum Gasteiger partial charge on any atom is 0.251 e. The first-order chi connectivity index (χ1) is 15.2. The van der Waals surface area contributed by atoms with Crippen LogP contribution in [0.5, 0.6) is 0 Å². The van der Waals surface area contributed by atoms with Gasteiger partial charge in [0.15, 0.2) is 0 Å². The third kappa shape index (κ3) is 5.76. The standard InChI is InChI=1S/C23H31N3O4S2/c1-4-6-20(23(28)26-13-11-21-18(15-26)12-14-31-21)24-22(27)17-7-9-19(10-8-17)32(29,30)25-16(3)5-2/h7-10,12,14,16,20,25H,4-6,11,13,15H2,1-3H3,(H,24,27). The van der Waals surface area contributed by atoms with Crippen LogP contribution in [0, 0.1) is 0 Å². The van der Waals surface area contributed by atoms with Gasteiger partial charge in [0.2, 0.25) is 15.9 Å². The molecule has 9 heteroatoms. The minimum atomic E-state index is -3.63. The van der Waals surface area contributed by atoms with Crippen LogP contribution in [-0.4, -0.2) is 43.8 Å². The third-order valence-electron chi connectivity index (χ3n) is 5.70. The number of nitrogens with one attached hydrogen (secondary N) is 2. The van der Waals surface area contributed by atoms with Crippen molar-refractivity contribution in [2.75, 3.05) is 6.54 Å². The number of fused-ring (bicyclic) bond motifs is 1. The van der Waals surface area contributed by atoms with Crippen LogP contribution in [0.1, 0.15) is 60.8 Å². The van der Waals surface area contributed by atoms with Crippen LogP contribution in [0.25, 0.3) is 0 Å². The van der Waals surface area contributed by atoms with Gasteiger partial charge in [0.25, 0.3) is 5.91 Å². The van der Waals surface area contributed by atoms with Crippen LogP contribution >= 0.6 is 11.3 Å². The Morgan fingerprint density at radius 2 is 1.88 bits per heavy atom. The molecule has 2 unspecified atom stereocenters. The largest absolute Gasteiger partial charge is 0.340 e. The molecule has 0 bridgehead atoms. The molecule has 2 aromatic rings. The second kappa shape index (κ2) is 10.6. The van der Waals surface area contributed by atoms with Gasteiger partial charge in [-0.05, 0) is 67.5 Å². The van der Waals surface area contributed by atoms with Gasteiger partial charge in [-0.25, -0.2) is 13.1 Å². The Morgan fingerprint density at radius 1 is 1.16 bits per heavy atom. The molecule has 174 valence electrons. The van der Waals surface area contributed by atoms with Gasteiger partial charge in [-0.1, -0.05) is 20.3 Å². The SMILES string of the molecule is CCCC(NC(=O)c1ccc(S(=O)(=O)NC(C)CC)cc1)C(=O)N1CCc2sccc2C1. The fourth-order valence-electron chi connectivity index (χ4n) is 3.65. The monoisotopic (exact) mass is 477 g/mol. The molecule has 1 aliphatic rings. The highest BCUT2D eigenvalue weighted by molar-refractivity contribution is 7.89. The summed E-state index contributed by atoms with van der Waals surface area (Å²) < 4.78 is 27.4. The minimum absolute atomic E-state index is 0.0750. The number of hydrogen-bond acceptors (Lipinski definition) is 5. The predicted octanol–water partition coefficient (Wildman–Crippen LogP) is 3.31. The highest BCUT2D eigenvalue weighted by Gasteiger charge is 2.29. The van der Waals surface area contributed by atoms with Gasteiger partial charge in [0, 0.05) is 29.6 Å². The summed E-state index contributed by atoms with van der Waals surface area (Å²) in [6.07, 6.45) is 2.82. The van der Waals surface area contributed by atoms with Crippen LogP contribution in [0.3, 0.4) is 0 Å². The molecule has 3 rings (SSSR count). The zero-order valence-corrected chi connectivity index (χ0v) is 20.4. The number of nitrogens with zero attached hydrogens (tertiary/aromatic N) is 1. The van der Waals surface area contributed by atoms with E-state index in [0.29, 0.717) is 31.5 Å². The summed E-state index contributed by atoms with van der Waals surface area (Å²) in [5, 5.41) is 4.90. The normalized spacial score (nSPS) is 15.7. The molecule has 1 aromatic heterocycles. The van der Waals surface area contributed by atoms with Gasteiger partial charge >= 0.3 is 0 Å². The molecule has 0 spiro atoms. The fraction of sp³-hybridized carbons (Fsp3) is 0.478. The van der Waals surface area contributed by atoms with Crippen LogP contribution < -0.4 is 10.0 Å². The predicted molar refractivity (Wildman–Crippen MR) is 126 cm³/mol. The maximum atomic E-state index is 13.1. The summed E-state index contributed by atoms with van der Waals surface area (Å²) in [7, 11) is -3.63. The lowest BCUT2D eigenvalue weighted by atomic mass is 10.1. The summed E-state index contributed by atoms with van der Waals surface area (Å²) >= 11 is 1.72. The number of carbonyl (C=O) groups is 2.